The van der Waals surface area contributed by atoms with E-state index < -0.39 is 17.7 Å². The monoisotopic (exact) mass is 504 g/mol. The molecule has 1 N–H and O–H groups in total. The highest BCUT2D eigenvalue weighted by atomic mass is 35.5. The average molecular weight is 505 g/mol. The van der Waals surface area contributed by atoms with Crippen LogP contribution in [0, 0.1) is 0 Å². The van der Waals surface area contributed by atoms with E-state index in [9.17, 15) is 14.7 Å². The van der Waals surface area contributed by atoms with E-state index in [2.05, 4.69) is 18.7 Å². The van der Waals surface area contributed by atoms with E-state index in [4.69, 9.17) is 27.9 Å². The molecule has 0 bridgehead atoms. The molecule has 1 amide bonds. The zero-order valence-corrected chi connectivity index (χ0v) is 21.2. The molecule has 0 aliphatic carbocycles. The Morgan fingerprint density at radius 3 is 2.32 bits per heavy atom. The van der Waals surface area contributed by atoms with E-state index in [1.165, 1.54) is 11.0 Å². The molecule has 1 saturated heterocycles. The molecule has 0 unspecified atom stereocenters. The smallest absolute Gasteiger partial charge is 0.295 e. The van der Waals surface area contributed by atoms with Crippen molar-refractivity contribution in [2.75, 3.05) is 32.8 Å². The zero-order chi connectivity index (χ0) is 24.8. The Balaban J connectivity index is 2.03. The van der Waals surface area contributed by atoms with Crippen molar-refractivity contribution in [3.63, 3.8) is 0 Å². The molecular formula is C26H30Cl2N2O4. The Morgan fingerprint density at radius 2 is 1.74 bits per heavy atom. The quantitative estimate of drug-likeness (QED) is 0.261. The second-order valence-electron chi connectivity index (χ2n) is 8.00. The standard InChI is InChI=1S/C26H30Cl2N2O4/c1-4-29(5-2)14-7-15-30-23(17-8-11-19(27)12-9-17)22(25(32)26(30)33)24(31)18-10-13-21(34-6-3)20(28)16-18/h8-13,16,23,31H,4-7,14-15H2,1-3H3/t23-/m1/s1. The summed E-state index contributed by atoms with van der Waals surface area (Å²) in [6.07, 6.45) is 0.702. The van der Waals surface area contributed by atoms with E-state index in [-0.39, 0.29) is 11.3 Å². The van der Waals surface area contributed by atoms with Crippen LogP contribution < -0.4 is 4.74 Å². The Kier molecular flexibility index (Phi) is 9.00. The number of benzene rings is 2. The summed E-state index contributed by atoms with van der Waals surface area (Å²) in [6, 6.07) is 11.0. The minimum atomic E-state index is -0.723. The molecule has 1 atom stereocenters. The molecule has 8 heteroatoms. The molecule has 0 radical (unpaired) electrons. The predicted molar refractivity (Wildman–Crippen MR) is 135 cm³/mol. The summed E-state index contributed by atoms with van der Waals surface area (Å²) in [6.45, 7) is 9.48. The van der Waals surface area contributed by atoms with E-state index in [1.807, 2.05) is 6.92 Å². The second-order valence-corrected chi connectivity index (χ2v) is 8.85. The lowest BCUT2D eigenvalue weighted by Crippen LogP contribution is -2.33. The molecule has 1 heterocycles. The van der Waals surface area contributed by atoms with Crippen molar-refractivity contribution in [3.05, 3.63) is 69.2 Å². The lowest BCUT2D eigenvalue weighted by molar-refractivity contribution is -0.140. The number of nitrogens with zero attached hydrogens (tertiary/aromatic N) is 2. The van der Waals surface area contributed by atoms with Crippen LogP contribution in [0.3, 0.4) is 0 Å². The van der Waals surface area contributed by atoms with Gasteiger partial charge < -0.3 is 19.6 Å². The van der Waals surface area contributed by atoms with Gasteiger partial charge in [0.25, 0.3) is 11.7 Å². The molecule has 2 aromatic carbocycles. The number of aliphatic hydroxyl groups excluding tert-OH is 1. The fraction of sp³-hybridized carbons (Fsp3) is 0.385. The SMILES string of the molecule is CCOc1ccc(C(O)=C2C(=O)C(=O)N(CCCN(CC)CC)[C@@H]2c2ccc(Cl)cc2)cc1Cl. The first-order valence-corrected chi connectivity index (χ1v) is 12.3. The van der Waals surface area contributed by atoms with E-state index in [0.717, 1.165) is 19.6 Å². The maximum atomic E-state index is 13.1. The summed E-state index contributed by atoms with van der Waals surface area (Å²) in [5, 5.41) is 12.0. The molecule has 3 rings (SSSR count). The first-order valence-electron chi connectivity index (χ1n) is 11.5. The van der Waals surface area contributed by atoms with Crippen LogP contribution >= 0.6 is 23.2 Å². The number of ketones is 1. The van der Waals surface area contributed by atoms with Gasteiger partial charge in [0.15, 0.2) is 0 Å². The minimum Gasteiger partial charge on any atom is -0.507 e. The molecule has 6 nitrogen and oxygen atoms in total. The fourth-order valence-corrected chi connectivity index (χ4v) is 4.54. The summed E-state index contributed by atoms with van der Waals surface area (Å²) in [5.74, 6) is -1.13. The lowest BCUT2D eigenvalue weighted by Gasteiger charge is -2.27. The van der Waals surface area contributed by atoms with Crippen LogP contribution in [0.5, 0.6) is 5.75 Å². The van der Waals surface area contributed by atoms with Crippen LogP contribution in [0.4, 0.5) is 0 Å². The van der Waals surface area contributed by atoms with Crippen molar-refractivity contribution in [2.45, 2.75) is 33.2 Å². The van der Waals surface area contributed by atoms with Gasteiger partial charge in [-0.05, 0) is 68.9 Å². The van der Waals surface area contributed by atoms with Gasteiger partial charge in [0.2, 0.25) is 0 Å². The van der Waals surface area contributed by atoms with Gasteiger partial charge in [-0.3, -0.25) is 9.59 Å². The number of carbonyl (C=O) groups is 2. The highest BCUT2D eigenvalue weighted by Gasteiger charge is 2.45. The first-order chi connectivity index (χ1) is 16.3. The predicted octanol–water partition coefficient (Wildman–Crippen LogP) is 5.55. The Bertz CT molecular complexity index is 1060. The third kappa shape index (κ3) is 5.57. The number of Topliss-reactive ketones (excluding diaryl/α,β-unsaturated/α-hetero) is 1. The third-order valence-electron chi connectivity index (χ3n) is 6.00. The Labute approximate surface area is 210 Å². The topological polar surface area (TPSA) is 70.1 Å². The van der Waals surface area contributed by atoms with Crippen LogP contribution in [-0.2, 0) is 9.59 Å². The van der Waals surface area contributed by atoms with Crippen LogP contribution in [0.1, 0.15) is 44.4 Å². The zero-order valence-electron chi connectivity index (χ0n) is 19.7. The van der Waals surface area contributed by atoms with Crippen LogP contribution in [0.15, 0.2) is 48.0 Å². The van der Waals surface area contributed by atoms with Crippen molar-refractivity contribution in [1.29, 1.82) is 0 Å². The highest BCUT2D eigenvalue weighted by molar-refractivity contribution is 6.46. The minimum absolute atomic E-state index is 0.0374. The maximum absolute atomic E-state index is 13.1. The molecule has 1 fully saturated rings. The van der Waals surface area contributed by atoms with Gasteiger partial charge in [-0.1, -0.05) is 49.2 Å². The average Bonchev–Trinajstić information content (AvgIpc) is 3.08. The fourth-order valence-electron chi connectivity index (χ4n) is 4.18. The van der Waals surface area contributed by atoms with E-state index in [0.29, 0.717) is 46.5 Å². The molecule has 1 aliphatic rings. The van der Waals surface area contributed by atoms with Crippen molar-refractivity contribution >= 4 is 40.7 Å². The summed E-state index contributed by atoms with van der Waals surface area (Å²) in [5.41, 5.74) is 1.08. The maximum Gasteiger partial charge on any atom is 0.295 e. The van der Waals surface area contributed by atoms with Gasteiger partial charge in [0.1, 0.15) is 11.5 Å². The molecule has 0 aromatic heterocycles. The molecule has 0 spiro atoms. The van der Waals surface area contributed by atoms with Gasteiger partial charge in [0.05, 0.1) is 23.2 Å². The Morgan fingerprint density at radius 1 is 1.06 bits per heavy atom. The van der Waals surface area contributed by atoms with Crippen molar-refractivity contribution < 1.29 is 19.4 Å². The van der Waals surface area contributed by atoms with Crippen molar-refractivity contribution in [1.82, 2.24) is 9.80 Å². The van der Waals surface area contributed by atoms with Crippen molar-refractivity contribution in [2.24, 2.45) is 0 Å². The number of hydrogen-bond donors (Lipinski definition) is 1. The van der Waals surface area contributed by atoms with Gasteiger partial charge in [-0.25, -0.2) is 0 Å². The lowest BCUT2D eigenvalue weighted by atomic mass is 9.95. The van der Waals surface area contributed by atoms with Crippen molar-refractivity contribution in [3.8, 4) is 5.75 Å². The molecule has 34 heavy (non-hydrogen) atoms. The number of likely N-dealkylation sites (tertiary alicyclic amines) is 1. The molecule has 1 aliphatic heterocycles. The third-order valence-corrected chi connectivity index (χ3v) is 6.55. The summed E-state index contributed by atoms with van der Waals surface area (Å²) >= 11 is 12.4. The van der Waals surface area contributed by atoms with Gasteiger partial charge in [-0.2, -0.15) is 0 Å². The van der Waals surface area contributed by atoms with E-state index >= 15 is 0 Å². The van der Waals surface area contributed by atoms with Crippen LogP contribution in [0.25, 0.3) is 5.76 Å². The largest absolute Gasteiger partial charge is 0.507 e. The number of carbonyl (C=O) groups excluding carboxylic acids is 2. The summed E-state index contributed by atoms with van der Waals surface area (Å²) in [4.78, 5) is 30.0. The van der Waals surface area contributed by atoms with Crippen LogP contribution in [0.2, 0.25) is 10.0 Å². The number of rotatable bonds is 10. The first kappa shape index (κ1) is 26.1. The summed E-state index contributed by atoms with van der Waals surface area (Å²) in [7, 11) is 0. The highest BCUT2D eigenvalue weighted by Crippen LogP contribution is 2.40. The van der Waals surface area contributed by atoms with Crippen LogP contribution in [-0.4, -0.2) is 59.4 Å². The number of amides is 1. The number of halogens is 2. The normalized spacial score (nSPS) is 17.6. The molecule has 2 aromatic rings. The summed E-state index contributed by atoms with van der Waals surface area (Å²) < 4.78 is 5.46. The molecule has 182 valence electrons. The number of hydrogen-bond acceptors (Lipinski definition) is 5. The molecule has 0 saturated carbocycles. The Hall–Kier alpha value is -2.54. The van der Waals surface area contributed by atoms with E-state index in [1.54, 1.807) is 36.4 Å². The van der Waals surface area contributed by atoms with Gasteiger partial charge in [0, 0.05) is 17.1 Å². The molecular weight excluding hydrogens is 475 g/mol. The second kappa shape index (κ2) is 11.7. The van der Waals surface area contributed by atoms with Gasteiger partial charge in [-0.15, -0.1) is 0 Å². The number of aliphatic hydroxyl groups is 1. The number of ether oxygens (including phenoxy) is 1. The van der Waals surface area contributed by atoms with Gasteiger partial charge >= 0.3 is 0 Å².